The van der Waals surface area contributed by atoms with Crippen LogP contribution in [0.15, 0.2) is 36.5 Å². The minimum absolute atomic E-state index is 0.111. The molecule has 0 bridgehead atoms. The number of fused-ring (bicyclic) bond motifs is 1. The third-order valence-electron chi connectivity index (χ3n) is 3.04. The van der Waals surface area contributed by atoms with Gasteiger partial charge in [-0.05, 0) is 31.2 Å². The maximum Gasteiger partial charge on any atom is 0.397 e. The standard InChI is InChI=1S/C16H14N2O6/c1-2-21-16(20)14(19)18-11-4-3-7-17-15(11)24-10-5-6-12-13(8-10)23-9-22-12/h3-8H,2,9H2,1H3,(H,18,19). The van der Waals surface area contributed by atoms with Crippen molar-refractivity contribution in [1.82, 2.24) is 4.98 Å². The fourth-order valence-corrected chi connectivity index (χ4v) is 1.99. The summed E-state index contributed by atoms with van der Waals surface area (Å²) in [6.07, 6.45) is 1.50. The Morgan fingerprint density at radius 2 is 2.08 bits per heavy atom. The number of pyridine rings is 1. The summed E-state index contributed by atoms with van der Waals surface area (Å²) in [4.78, 5) is 27.2. The Hall–Kier alpha value is -3.29. The van der Waals surface area contributed by atoms with Gasteiger partial charge in [0.2, 0.25) is 12.7 Å². The number of ether oxygens (including phenoxy) is 4. The van der Waals surface area contributed by atoms with Crippen LogP contribution in [0.4, 0.5) is 5.69 Å². The maximum absolute atomic E-state index is 11.8. The van der Waals surface area contributed by atoms with Crippen LogP contribution in [0, 0.1) is 0 Å². The van der Waals surface area contributed by atoms with Gasteiger partial charge in [0.25, 0.3) is 0 Å². The molecule has 8 nitrogen and oxygen atoms in total. The largest absolute Gasteiger partial charge is 0.459 e. The summed E-state index contributed by atoms with van der Waals surface area (Å²) >= 11 is 0. The molecule has 1 aliphatic rings. The monoisotopic (exact) mass is 330 g/mol. The Labute approximate surface area is 137 Å². The number of benzene rings is 1. The molecule has 1 amide bonds. The van der Waals surface area contributed by atoms with Crippen LogP contribution >= 0.6 is 0 Å². The third-order valence-corrected chi connectivity index (χ3v) is 3.04. The van der Waals surface area contributed by atoms with Gasteiger partial charge in [-0.25, -0.2) is 9.78 Å². The quantitative estimate of drug-likeness (QED) is 0.677. The van der Waals surface area contributed by atoms with Gasteiger partial charge in [-0.3, -0.25) is 4.79 Å². The van der Waals surface area contributed by atoms with Crippen LogP contribution < -0.4 is 19.5 Å². The van der Waals surface area contributed by atoms with Crippen molar-refractivity contribution in [3.63, 3.8) is 0 Å². The van der Waals surface area contributed by atoms with Crippen LogP contribution in [0.25, 0.3) is 0 Å². The molecule has 1 aromatic carbocycles. The molecule has 0 atom stereocenters. The lowest BCUT2D eigenvalue weighted by molar-refractivity contribution is -0.152. The predicted octanol–water partition coefficient (Wildman–Crippen LogP) is 2.10. The van der Waals surface area contributed by atoms with Gasteiger partial charge < -0.3 is 24.3 Å². The molecule has 0 aliphatic carbocycles. The lowest BCUT2D eigenvalue weighted by atomic mass is 10.3. The van der Waals surface area contributed by atoms with Crippen molar-refractivity contribution in [3.05, 3.63) is 36.5 Å². The van der Waals surface area contributed by atoms with Crippen LogP contribution in [-0.4, -0.2) is 30.3 Å². The summed E-state index contributed by atoms with van der Waals surface area (Å²) in [6, 6.07) is 8.20. The molecule has 0 saturated heterocycles. The molecule has 1 aromatic heterocycles. The first kappa shape index (κ1) is 15.6. The van der Waals surface area contributed by atoms with Crippen molar-refractivity contribution >= 4 is 17.6 Å². The van der Waals surface area contributed by atoms with Crippen LogP contribution in [0.5, 0.6) is 23.1 Å². The second kappa shape index (κ2) is 6.86. The van der Waals surface area contributed by atoms with E-state index in [1.165, 1.54) is 6.20 Å². The summed E-state index contributed by atoms with van der Waals surface area (Å²) in [7, 11) is 0. The summed E-state index contributed by atoms with van der Waals surface area (Å²) in [6.45, 7) is 1.88. The SMILES string of the molecule is CCOC(=O)C(=O)Nc1cccnc1Oc1ccc2c(c1)OCO2. The van der Waals surface area contributed by atoms with Crippen molar-refractivity contribution in [1.29, 1.82) is 0 Å². The Balaban J connectivity index is 1.77. The molecule has 24 heavy (non-hydrogen) atoms. The van der Waals surface area contributed by atoms with E-state index in [0.29, 0.717) is 17.2 Å². The molecule has 1 N–H and O–H groups in total. The van der Waals surface area contributed by atoms with Crippen LogP contribution in [-0.2, 0) is 14.3 Å². The zero-order chi connectivity index (χ0) is 16.9. The van der Waals surface area contributed by atoms with Crippen molar-refractivity contribution in [2.24, 2.45) is 0 Å². The Kier molecular flexibility index (Phi) is 4.46. The van der Waals surface area contributed by atoms with Crippen molar-refractivity contribution in [2.75, 3.05) is 18.7 Å². The molecule has 2 aromatic rings. The molecule has 3 rings (SSSR count). The average molecular weight is 330 g/mol. The highest BCUT2D eigenvalue weighted by Crippen LogP contribution is 2.37. The van der Waals surface area contributed by atoms with Crippen molar-refractivity contribution in [2.45, 2.75) is 6.92 Å². The molecular weight excluding hydrogens is 316 g/mol. The molecular formula is C16H14N2O6. The number of esters is 1. The molecule has 0 unspecified atom stereocenters. The van der Waals surface area contributed by atoms with Gasteiger partial charge in [0, 0.05) is 12.3 Å². The molecule has 0 fully saturated rings. The molecule has 2 heterocycles. The van der Waals surface area contributed by atoms with Gasteiger partial charge in [-0.15, -0.1) is 0 Å². The summed E-state index contributed by atoms with van der Waals surface area (Å²) in [5.41, 5.74) is 0.244. The minimum Gasteiger partial charge on any atom is -0.459 e. The number of anilines is 1. The van der Waals surface area contributed by atoms with Gasteiger partial charge in [0.15, 0.2) is 11.5 Å². The molecule has 0 saturated carbocycles. The molecule has 0 spiro atoms. The Morgan fingerprint density at radius 3 is 2.92 bits per heavy atom. The van der Waals surface area contributed by atoms with E-state index in [1.807, 2.05) is 0 Å². The fourth-order valence-electron chi connectivity index (χ4n) is 1.99. The number of carbonyl (C=O) groups excluding carboxylic acids is 2. The van der Waals surface area contributed by atoms with E-state index in [1.54, 1.807) is 37.3 Å². The predicted molar refractivity (Wildman–Crippen MR) is 82.1 cm³/mol. The lowest BCUT2D eigenvalue weighted by Crippen LogP contribution is -2.25. The highest BCUT2D eigenvalue weighted by molar-refractivity contribution is 6.37. The summed E-state index contributed by atoms with van der Waals surface area (Å²) in [5, 5.41) is 2.41. The molecule has 0 radical (unpaired) electrons. The smallest absolute Gasteiger partial charge is 0.397 e. The number of nitrogens with zero attached hydrogens (tertiary/aromatic N) is 1. The highest BCUT2D eigenvalue weighted by Gasteiger charge is 2.19. The van der Waals surface area contributed by atoms with Gasteiger partial charge in [-0.2, -0.15) is 0 Å². The first-order valence-electron chi connectivity index (χ1n) is 7.18. The minimum atomic E-state index is -0.976. The zero-order valence-corrected chi connectivity index (χ0v) is 12.8. The number of amides is 1. The molecule has 124 valence electrons. The highest BCUT2D eigenvalue weighted by atomic mass is 16.7. The van der Waals surface area contributed by atoms with Crippen molar-refractivity contribution in [3.8, 4) is 23.1 Å². The second-order valence-electron chi connectivity index (χ2n) is 4.65. The van der Waals surface area contributed by atoms with Gasteiger partial charge >= 0.3 is 11.9 Å². The average Bonchev–Trinajstić information content (AvgIpc) is 3.04. The summed E-state index contributed by atoms with van der Waals surface area (Å²) < 4.78 is 20.8. The number of aromatic nitrogens is 1. The number of hydrogen-bond donors (Lipinski definition) is 1. The normalized spacial score (nSPS) is 11.7. The number of carbonyl (C=O) groups is 2. The van der Waals surface area contributed by atoms with E-state index in [-0.39, 0.29) is 25.0 Å². The van der Waals surface area contributed by atoms with Gasteiger partial charge in [0.05, 0.1) is 6.61 Å². The first-order chi connectivity index (χ1) is 11.7. The van der Waals surface area contributed by atoms with Crippen molar-refractivity contribution < 1.29 is 28.5 Å². The first-order valence-corrected chi connectivity index (χ1v) is 7.18. The zero-order valence-electron chi connectivity index (χ0n) is 12.8. The van der Waals surface area contributed by atoms with Crippen LogP contribution in [0.1, 0.15) is 6.92 Å². The van der Waals surface area contributed by atoms with Crippen LogP contribution in [0.3, 0.4) is 0 Å². The summed E-state index contributed by atoms with van der Waals surface area (Å²) in [5.74, 6) is -0.117. The lowest BCUT2D eigenvalue weighted by Gasteiger charge is -2.11. The number of hydrogen-bond acceptors (Lipinski definition) is 7. The van der Waals surface area contributed by atoms with E-state index in [4.69, 9.17) is 14.2 Å². The number of rotatable bonds is 4. The van der Waals surface area contributed by atoms with Gasteiger partial charge in [0.1, 0.15) is 11.4 Å². The molecule has 8 heteroatoms. The number of nitrogens with one attached hydrogen (secondary N) is 1. The Morgan fingerprint density at radius 1 is 1.25 bits per heavy atom. The third kappa shape index (κ3) is 3.37. The van der Waals surface area contributed by atoms with E-state index >= 15 is 0 Å². The molecule has 1 aliphatic heterocycles. The fraction of sp³-hybridized carbons (Fsp3) is 0.188. The van der Waals surface area contributed by atoms with E-state index in [2.05, 4.69) is 15.0 Å². The van der Waals surface area contributed by atoms with E-state index in [9.17, 15) is 9.59 Å². The maximum atomic E-state index is 11.8. The van der Waals surface area contributed by atoms with Crippen LogP contribution in [0.2, 0.25) is 0 Å². The van der Waals surface area contributed by atoms with E-state index in [0.717, 1.165) is 0 Å². The van der Waals surface area contributed by atoms with Gasteiger partial charge in [-0.1, -0.05) is 0 Å². The Bertz CT molecular complexity index is 777. The van der Waals surface area contributed by atoms with E-state index < -0.39 is 11.9 Å². The second-order valence-corrected chi connectivity index (χ2v) is 4.65. The topological polar surface area (TPSA) is 96.0 Å².